The van der Waals surface area contributed by atoms with Crippen molar-refractivity contribution in [3.05, 3.63) is 19.7 Å². The summed E-state index contributed by atoms with van der Waals surface area (Å²) in [4.78, 5) is 0. The zero-order chi connectivity index (χ0) is 10.2. The van der Waals surface area contributed by atoms with Gasteiger partial charge in [0.05, 0.1) is 0 Å². The maximum atomic E-state index is 2.48. The van der Waals surface area contributed by atoms with E-state index < -0.39 is 8.80 Å². The van der Waals surface area contributed by atoms with Crippen LogP contribution in [0.2, 0.25) is 13.1 Å². The van der Waals surface area contributed by atoms with Gasteiger partial charge in [0.2, 0.25) is 0 Å². The van der Waals surface area contributed by atoms with Crippen molar-refractivity contribution in [3.8, 4) is 0 Å². The third-order valence-corrected chi connectivity index (χ3v) is 6.23. The van der Waals surface area contributed by atoms with Crippen molar-refractivity contribution < 1.29 is 0 Å². The molecule has 0 atom stereocenters. The number of allylic oxidation sites excluding steroid dienone is 4. The van der Waals surface area contributed by atoms with Gasteiger partial charge in [0.15, 0.2) is 0 Å². The van der Waals surface area contributed by atoms with Crippen LogP contribution in [0, 0.1) is 5.41 Å². The zero-order valence-corrected chi connectivity index (χ0v) is 13.0. The number of hydrogen-bond acceptors (Lipinski definition) is 0. The monoisotopic (exact) mass is 202 g/mol. The van der Waals surface area contributed by atoms with E-state index in [4.69, 9.17) is 0 Å². The van der Waals surface area contributed by atoms with E-state index in [1.807, 2.05) is 0 Å². The molecule has 0 radical (unpaired) electrons. The zero-order valence-electron chi connectivity index (χ0n) is 9.86. The van der Waals surface area contributed by atoms with E-state index in [9.17, 15) is 0 Å². The summed E-state index contributed by atoms with van der Waals surface area (Å²) in [5, 5.41) is 1.80. The van der Waals surface area contributed by atoms with Crippen molar-refractivity contribution in [3.63, 3.8) is 0 Å². The summed E-state index contributed by atoms with van der Waals surface area (Å²) in [6, 6.07) is 0. The Balaban J connectivity index is 3.04. The molecule has 0 unspecified atom stereocenters. The quantitative estimate of drug-likeness (QED) is 0.574. The number of hydrogen-bond donors (Lipinski definition) is 0. The molecule has 0 aromatic carbocycles. The van der Waals surface area contributed by atoms with Gasteiger partial charge >= 0.3 is 102 Å². The van der Waals surface area contributed by atoms with E-state index in [1.54, 1.807) is 13.6 Å². The van der Waals surface area contributed by atoms with Gasteiger partial charge in [-0.1, -0.05) is 0 Å². The fourth-order valence-electron chi connectivity index (χ4n) is 2.22. The average molecular weight is 202 g/mol. The summed E-state index contributed by atoms with van der Waals surface area (Å²) >= 11 is 1.27. The molecule has 0 N–H and O–H groups in total. The first-order valence-electron chi connectivity index (χ1n) is 5.24. The summed E-state index contributed by atoms with van der Waals surface area (Å²) in [5.41, 5.74) is 2.04. The first-order valence-corrected chi connectivity index (χ1v) is 9.13. The standard InChI is InChI=1S/C11H19Si.Na/c1-11(2,3)9-7-6-8-10(9)12(4)5;/h7,12H,6H2,1-5H3;. The fraction of sp³-hybridized carbons (Fsp3) is 0.636. The molecule has 0 heterocycles. The Morgan fingerprint density at radius 2 is 1.85 bits per heavy atom. The van der Waals surface area contributed by atoms with E-state index in [1.165, 1.54) is 34.4 Å². The van der Waals surface area contributed by atoms with Crippen molar-refractivity contribution in [2.75, 3.05) is 0 Å². The third-order valence-electron chi connectivity index (χ3n) is 2.75. The molecule has 68 valence electrons. The molecule has 0 saturated heterocycles. The van der Waals surface area contributed by atoms with Crippen LogP contribution in [0.5, 0.6) is 0 Å². The molecular weight excluding hydrogens is 183 g/mol. The van der Waals surface area contributed by atoms with Crippen LogP contribution in [0.15, 0.2) is 19.7 Å². The van der Waals surface area contributed by atoms with Gasteiger partial charge in [-0.05, 0) is 0 Å². The summed E-state index contributed by atoms with van der Waals surface area (Å²) in [5.74, 6) is 0. The summed E-state index contributed by atoms with van der Waals surface area (Å²) < 4.78 is 1.77. The SMILES string of the molecule is C[SiH](C)C1=[C]([Na])CC=C1C(C)(C)C. The van der Waals surface area contributed by atoms with Crippen LogP contribution in [0.1, 0.15) is 27.2 Å². The Labute approximate surface area is 102 Å². The molecule has 0 bridgehead atoms. The van der Waals surface area contributed by atoms with Gasteiger partial charge in [-0.25, -0.2) is 0 Å². The Bertz CT molecular complexity index is 266. The molecule has 1 rings (SSSR count). The molecule has 0 saturated carbocycles. The second kappa shape index (κ2) is 4.06. The summed E-state index contributed by atoms with van der Waals surface area (Å²) in [6.45, 7) is 11.9. The molecule has 2 heteroatoms. The van der Waals surface area contributed by atoms with Crippen molar-refractivity contribution in [2.24, 2.45) is 5.41 Å². The minimum atomic E-state index is -0.592. The van der Waals surface area contributed by atoms with Crippen LogP contribution in [0.3, 0.4) is 0 Å². The first-order chi connectivity index (χ1) is 5.84. The third kappa shape index (κ3) is 2.59. The van der Waals surface area contributed by atoms with Crippen LogP contribution >= 0.6 is 0 Å². The molecule has 1 aliphatic carbocycles. The van der Waals surface area contributed by atoms with Gasteiger partial charge in [0, 0.05) is 0 Å². The van der Waals surface area contributed by atoms with E-state index in [-0.39, 0.29) is 0 Å². The molecule has 0 amide bonds. The van der Waals surface area contributed by atoms with Gasteiger partial charge < -0.3 is 0 Å². The van der Waals surface area contributed by atoms with Crippen LogP contribution in [0.25, 0.3) is 0 Å². The molecule has 0 aromatic rings. The molecule has 1 aliphatic rings. The Kier molecular flexibility index (Phi) is 3.67. The Morgan fingerprint density at radius 1 is 1.31 bits per heavy atom. The predicted octanol–water partition coefficient (Wildman–Crippen LogP) is 2.81. The van der Waals surface area contributed by atoms with E-state index >= 15 is 0 Å². The van der Waals surface area contributed by atoms with Gasteiger partial charge in [0.1, 0.15) is 0 Å². The van der Waals surface area contributed by atoms with E-state index in [0.717, 1.165) is 0 Å². The van der Waals surface area contributed by atoms with Crippen molar-refractivity contribution in [2.45, 2.75) is 40.3 Å². The van der Waals surface area contributed by atoms with Crippen molar-refractivity contribution in [1.29, 1.82) is 0 Å². The Morgan fingerprint density at radius 3 is 2.15 bits per heavy atom. The first kappa shape index (κ1) is 11.8. The van der Waals surface area contributed by atoms with E-state index in [2.05, 4.69) is 39.9 Å². The molecule has 0 fully saturated rings. The van der Waals surface area contributed by atoms with Crippen LogP contribution < -0.4 is 0 Å². The van der Waals surface area contributed by atoms with Crippen LogP contribution in [-0.2, 0) is 0 Å². The average Bonchev–Trinajstić information content (AvgIpc) is 2.28. The van der Waals surface area contributed by atoms with Gasteiger partial charge in [-0.15, -0.1) is 0 Å². The fourth-order valence-corrected chi connectivity index (χ4v) is 6.70. The van der Waals surface area contributed by atoms with Crippen LogP contribution in [0.4, 0.5) is 0 Å². The number of rotatable bonds is 1. The van der Waals surface area contributed by atoms with Crippen LogP contribution in [-0.4, -0.2) is 36.7 Å². The molecular formula is C11H19NaSi. The van der Waals surface area contributed by atoms with Gasteiger partial charge in [-0.3, -0.25) is 0 Å². The molecule has 13 heavy (non-hydrogen) atoms. The van der Waals surface area contributed by atoms with E-state index in [0.29, 0.717) is 5.41 Å². The minimum absolute atomic E-state index is 0.374. The second-order valence-corrected chi connectivity index (χ2v) is 9.51. The summed E-state index contributed by atoms with van der Waals surface area (Å²) in [6.07, 6.45) is 3.74. The topological polar surface area (TPSA) is 0 Å². The van der Waals surface area contributed by atoms with Crippen molar-refractivity contribution in [1.82, 2.24) is 0 Å². The maximum absolute atomic E-state index is 2.48. The molecule has 0 aromatic heterocycles. The molecule has 0 aliphatic heterocycles. The Hall–Kier alpha value is 0.697. The van der Waals surface area contributed by atoms with Crippen molar-refractivity contribution >= 4 is 36.7 Å². The van der Waals surface area contributed by atoms with Gasteiger partial charge in [0.25, 0.3) is 0 Å². The molecule has 0 nitrogen and oxygen atoms in total. The summed E-state index contributed by atoms with van der Waals surface area (Å²) in [7, 11) is -0.592. The molecule has 0 spiro atoms. The second-order valence-electron chi connectivity index (χ2n) is 5.42. The predicted molar refractivity (Wildman–Crippen MR) is 63.8 cm³/mol. The normalized spacial score (nSPS) is 18.6. The van der Waals surface area contributed by atoms with Gasteiger partial charge in [-0.2, -0.15) is 0 Å².